The van der Waals surface area contributed by atoms with Gasteiger partial charge in [-0.25, -0.2) is 0 Å². The molecule has 0 amide bonds. The lowest BCUT2D eigenvalue weighted by Gasteiger charge is -2.29. The Kier molecular flexibility index (Phi) is 5.11. The molecule has 0 aliphatic carbocycles. The summed E-state index contributed by atoms with van der Waals surface area (Å²) >= 11 is 3.55. The van der Waals surface area contributed by atoms with Crippen molar-refractivity contribution < 1.29 is 19.4 Å². The molecule has 0 bridgehead atoms. The summed E-state index contributed by atoms with van der Waals surface area (Å²) in [5.74, 6) is 0.543. The molecule has 6 heteroatoms. The first-order valence-electron chi connectivity index (χ1n) is 6.89. The van der Waals surface area contributed by atoms with Crippen molar-refractivity contribution in [2.45, 2.75) is 31.8 Å². The summed E-state index contributed by atoms with van der Waals surface area (Å²) in [4.78, 5) is 13.4. The molecule has 1 aromatic carbocycles. The number of hydrogen-bond donors (Lipinski definition) is 1. The highest BCUT2D eigenvalue weighted by atomic mass is 79.9. The van der Waals surface area contributed by atoms with Gasteiger partial charge in [0.25, 0.3) is 0 Å². The largest absolute Gasteiger partial charge is 0.493 e. The Morgan fingerprint density at radius 2 is 2.00 bits per heavy atom. The Morgan fingerprint density at radius 3 is 2.57 bits per heavy atom. The molecule has 2 rings (SSSR count). The normalized spacial score (nSPS) is 20.3. The second-order valence-electron chi connectivity index (χ2n) is 5.14. The van der Waals surface area contributed by atoms with Gasteiger partial charge >= 0.3 is 5.97 Å². The third kappa shape index (κ3) is 3.16. The highest BCUT2D eigenvalue weighted by molar-refractivity contribution is 9.10. The van der Waals surface area contributed by atoms with Crippen molar-refractivity contribution in [3.05, 3.63) is 22.2 Å². The third-order valence-corrected chi connectivity index (χ3v) is 4.72. The summed E-state index contributed by atoms with van der Waals surface area (Å²) in [5, 5.41) is 9.33. The molecule has 0 spiro atoms. The van der Waals surface area contributed by atoms with E-state index in [9.17, 15) is 9.90 Å². The van der Waals surface area contributed by atoms with Crippen molar-refractivity contribution in [1.82, 2.24) is 4.90 Å². The lowest BCUT2D eigenvalue weighted by molar-refractivity contribution is -0.142. The van der Waals surface area contributed by atoms with E-state index >= 15 is 0 Å². The molecule has 5 nitrogen and oxygen atoms in total. The maximum Gasteiger partial charge on any atom is 0.320 e. The van der Waals surface area contributed by atoms with Crippen molar-refractivity contribution >= 4 is 21.9 Å². The minimum atomic E-state index is -0.754. The number of ether oxygens (including phenoxy) is 2. The highest BCUT2D eigenvalue weighted by Crippen LogP contribution is 2.39. The second-order valence-corrected chi connectivity index (χ2v) is 5.99. The van der Waals surface area contributed by atoms with Crippen LogP contribution in [0.4, 0.5) is 0 Å². The van der Waals surface area contributed by atoms with Crippen LogP contribution < -0.4 is 9.47 Å². The van der Waals surface area contributed by atoms with Gasteiger partial charge in [0.05, 0.1) is 14.2 Å². The average Bonchev–Trinajstić information content (AvgIpc) is 2.95. The predicted octanol–water partition coefficient (Wildman–Crippen LogP) is 3.08. The Morgan fingerprint density at radius 1 is 1.38 bits per heavy atom. The molecular formula is C15H20BrNO4. The topological polar surface area (TPSA) is 59.0 Å². The van der Waals surface area contributed by atoms with E-state index in [1.54, 1.807) is 14.2 Å². The fourth-order valence-electron chi connectivity index (χ4n) is 2.89. The summed E-state index contributed by atoms with van der Waals surface area (Å²) in [5.41, 5.74) is 1.00. The van der Waals surface area contributed by atoms with E-state index in [1.165, 1.54) is 0 Å². The molecule has 0 aromatic heterocycles. The molecule has 0 radical (unpaired) electrons. The molecule has 1 saturated heterocycles. The van der Waals surface area contributed by atoms with E-state index in [-0.39, 0.29) is 6.04 Å². The van der Waals surface area contributed by atoms with Crippen LogP contribution >= 0.6 is 15.9 Å². The number of carboxylic acid groups (broad SMARTS) is 1. The number of benzene rings is 1. The molecule has 2 unspecified atom stereocenters. The van der Waals surface area contributed by atoms with Gasteiger partial charge in [-0.1, -0.05) is 15.9 Å². The number of aliphatic carboxylic acids is 1. The quantitative estimate of drug-likeness (QED) is 0.877. The molecule has 2 atom stereocenters. The van der Waals surface area contributed by atoms with E-state index in [1.807, 2.05) is 24.0 Å². The molecule has 1 aliphatic rings. The first-order chi connectivity index (χ1) is 9.99. The number of hydrogen-bond acceptors (Lipinski definition) is 4. The molecule has 1 fully saturated rings. The number of halogens is 1. The van der Waals surface area contributed by atoms with Crippen molar-refractivity contribution in [2.24, 2.45) is 0 Å². The van der Waals surface area contributed by atoms with Gasteiger partial charge < -0.3 is 14.6 Å². The number of carbonyl (C=O) groups is 1. The van der Waals surface area contributed by atoms with Gasteiger partial charge in [0.1, 0.15) is 6.04 Å². The molecule has 21 heavy (non-hydrogen) atoms. The van der Waals surface area contributed by atoms with Gasteiger partial charge in [0.15, 0.2) is 11.5 Å². The molecule has 1 heterocycles. The predicted molar refractivity (Wildman–Crippen MR) is 83.0 cm³/mol. The monoisotopic (exact) mass is 357 g/mol. The number of methoxy groups -OCH3 is 2. The molecule has 1 N–H and O–H groups in total. The van der Waals surface area contributed by atoms with Crippen LogP contribution in [0.2, 0.25) is 0 Å². The van der Waals surface area contributed by atoms with E-state index < -0.39 is 12.0 Å². The molecule has 1 aliphatic heterocycles. The maximum atomic E-state index is 11.4. The minimum Gasteiger partial charge on any atom is -0.493 e. The molecule has 0 saturated carbocycles. The van der Waals surface area contributed by atoms with Crippen LogP contribution in [0.3, 0.4) is 0 Å². The average molecular weight is 358 g/mol. The van der Waals surface area contributed by atoms with Crippen LogP contribution in [0, 0.1) is 0 Å². The van der Waals surface area contributed by atoms with Gasteiger partial charge in [-0.2, -0.15) is 0 Å². The van der Waals surface area contributed by atoms with Crippen molar-refractivity contribution in [3.63, 3.8) is 0 Å². The smallest absolute Gasteiger partial charge is 0.320 e. The first kappa shape index (κ1) is 16.1. The Balaban J connectivity index is 2.34. The summed E-state index contributed by atoms with van der Waals surface area (Å²) in [6.07, 6.45) is 1.61. The van der Waals surface area contributed by atoms with Gasteiger partial charge in [-0.3, -0.25) is 9.69 Å². The Bertz CT molecular complexity index is 535. The number of carboxylic acids is 1. The lowest BCUT2D eigenvalue weighted by Crippen LogP contribution is -2.37. The van der Waals surface area contributed by atoms with E-state index in [0.717, 1.165) is 23.0 Å². The van der Waals surface area contributed by atoms with Crippen LogP contribution in [-0.4, -0.2) is 42.8 Å². The zero-order valence-corrected chi connectivity index (χ0v) is 14.0. The number of likely N-dealkylation sites (tertiary alicyclic amines) is 1. The highest BCUT2D eigenvalue weighted by Gasteiger charge is 2.35. The van der Waals surface area contributed by atoms with Crippen LogP contribution in [0.25, 0.3) is 0 Å². The third-order valence-electron chi connectivity index (χ3n) is 4.03. The van der Waals surface area contributed by atoms with Gasteiger partial charge in [-0.15, -0.1) is 0 Å². The Labute approximate surface area is 133 Å². The summed E-state index contributed by atoms with van der Waals surface area (Å²) in [6, 6.07) is 3.34. The van der Waals surface area contributed by atoms with Gasteiger partial charge in [-0.05, 0) is 44.0 Å². The van der Waals surface area contributed by atoms with Crippen LogP contribution in [-0.2, 0) is 4.79 Å². The Hall–Kier alpha value is -1.27. The molecule has 1 aromatic rings. The molecular weight excluding hydrogens is 338 g/mol. The van der Waals surface area contributed by atoms with E-state index in [2.05, 4.69) is 15.9 Å². The first-order valence-corrected chi connectivity index (χ1v) is 7.68. The summed E-state index contributed by atoms with van der Waals surface area (Å²) in [6.45, 7) is 2.81. The zero-order valence-electron chi connectivity index (χ0n) is 12.4. The van der Waals surface area contributed by atoms with Crippen molar-refractivity contribution in [1.29, 1.82) is 0 Å². The fourth-order valence-corrected chi connectivity index (χ4v) is 3.54. The minimum absolute atomic E-state index is 0.0113. The lowest BCUT2D eigenvalue weighted by atomic mass is 10.0. The number of nitrogens with zero attached hydrogens (tertiary/aromatic N) is 1. The van der Waals surface area contributed by atoms with Crippen molar-refractivity contribution in [3.8, 4) is 11.5 Å². The standard InChI is InChI=1S/C15H20BrNO4/c1-9(17-6-4-5-12(17)15(18)19)10-7-13(20-2)14(21-3)8-11(10)16/h7-9,12H,4-6H2,1-3H3,(H,18,19). The fraction of sp³-hybridized carbons (Fsp3) is 0.533. The SMILES string of the molecule is COc1cc(Br)c(C(C)N2CCCC2C(=O)O)cc1OC. The van der Waals surface area contributed by atoms with E-state index in [4.69, 9.17) is 9.47 Å². The summed E-state index contributed by atoms with van der Waals surface area (Å²) in [7, 11) is 3.18. The summed E-state index contributed by atoms with van der Waals surface area (Å²) < 4.78 is 11.5. The zero-order chi connectivity index (χ0) is 15.6. The maximum absolute atomic E-state index is 11.4. The van der Waals surface area contributed by atoms with Gasteiger partial charge in [0, 0.05) is 10.5 Å². The van der Waals surface area contributed by atoms with E-state index in [0.29, 0.717) is 17.9 Å². The van der Waals surface area contributed by atoms with Crippen LogP contribution in [0.15, 0.2) is 16.6 Å². The molecule has 116 valence electrons. The van der Waals surface area contributed by atoms with Crippen molar-refractivity contribution in [2.75, 3.05) is 20.8 Å². The van der Waals surface area contributed by atoms with Crippen LogP contribution in [0.5, 0.6) is 11.5 Å². The van der Waals surface area contributed by atoms with Crippen LogP contribution in [0.1, 0.15) is 31.4 Å². The van der Waals surface area contributed by atoms with Gasteiger partial charge in [0.2, 0.25) is 0 Å². The second kappa shape index (κ2) is 6.66. The number of rotatable bonds is 5.